The molecular weight excluding hydrogens is 288 g/mol. The molecule has 118 valence electrons. The van der Waals surface area contributed by atoms with Crippen molar-refractivity contribution in [3.05, 3.63) is 35.4 Å². The van der Waals surface area contributed by atoms with E-state index in [4.69, 9.17) is 5.11 Å². The highest BCUT2D eigenvalue weighted by atomic mass is 32.2. The fourth-order valence-corrected chi connectivity index (χ4v) is 4.58. The number of sulfone groups is 1. The van der Waals surface area contributed by atoms with Crippen LogP contribution >= 0.6 is 0 Å². The first-order chi connectivity index (χ1) is 10.00. The molecule has 2 rings (SSSR count). The van der Waals surface area contributed by atoms with E-state index in [2.05, 4.69) is 0 Å². The van der Waals surface area contributed by atoms with Gasteiger partial charge in [0.15, 0.2) is 9.84 Å². The standard InChI is InChI=1S/C16H24O4S/c17-10-13-6-8-14(9-7-13)11-21(19,20)12-16(18)15-4-2-1-3-5-15/h6-9,15-18H,1-5,10-12H2/t16-/m0/s1. The Morgan fingerprint density at radius 1 is 1.05 bits per heavy atom. The maximum absolute atomic E-state index is 12.2. The fourth-order valence-electron chi connectivity index (χ4n) is 2.97. The molecule has 0 aromatic heterocycles. The van der Waals surface area contributed by atoms with Crippen molar-refractivity contribution in [2.75, 3.05) is 5.75 Å². The molecule has 4 nitrogen and oxygen atoms in total. The van der Waals surface area contributed by atoms with E-state index >= 15 is 0 Å². The van der Waals surface area contributed by atoms with E-state index in [0.29, 0.717) is 5.56 Å². The van der Waals surface area contributed by atoms with E-state index in [-0.39, 0.29) is 24.0 Å². The normalized spacial score (nSPS) is 18.6. The monoisotopic (exact) mass is 312 g/mol. The van der Waals surface area contributed by atoms with Crippen LogP contribution < -0.4 is 0 Å². The van der Waals surface area contributed by atoms with Crippen LogP contribution in [0, 0.1) is 5.92 Å². The summed E-state index contributed by atoms with van der Waals surface area (Å²) in [5.74, 6) is -0.0765. The molecule has 1 aliphatic rings. The molecule has 5 heteroatoms. The average Bonchev–Trinajstić information content (AvgIpc) is 2.48. The summed E-state index contributed by atoms with van der Waals surface area (Å²) in [5.41, 5.74) is 1.46. The summed E-state index contributed by atoms with van der Waals surface area (Å²) in [7, 11) is -3.32. The molecule has 0 bridgehead atoms. The first kappa shape index (κ1) is 16.5. The number of hydrogen-bond donors (Lipinski definition) is 2. The van der Waals surface area contributed by atoms with Crippen LogP contribution in [0.2, 0.25) is 0 Å². The Morgan fingerprint density at radius 2 is 1.62 bits per heavy atom. The Labute approximate surface area is 126 Å². The van der Waals surface area contributed by atoms with Gasteiger partial charge in [-0.15, -0.1) is 0 Å². The van der Waals surface area contributed by atoms with Crippen LogP contribution in [0.1, 0.15) is 43.2 Å². The van der Waals surface area contributed by atoms with Crippen LogP contribution in [-0.4, -0.2) is 30.5 Å². The molecule has 1 aromatic rings. The van der Waals surface area contributed by atoms with Gasteiger partial charge in [0.05, 0.1) is 24.2 Å². The molecule has 0 radical (unpaired) electrons. The van der Waals surface area contributed by atoms with E-state index < -0.39 is 15.9 Å². The largest absolute Gasteiger partial charge is 0.392 e. The lowest BCUT2D eigenvalue weighted by atomic mass is 9.86. The third-order valence-corrected chi connectivity index (χ3v) is 5.83. The van der Waals surface area contributed by atoms with Crippen LogP contribution in [0.25, 0.3) is 0 Å². The lowest BCUT2D eigenvalue weighted by Crippen LogP contribution is -2.30. The highest BCUT2D eigenvalue weighted by molar-refractivity contribution is 7.90. The smallest absolute Gasteiger partial charge is 0.156 e. The van der Waals surface area contributed by atoms with Crippen molar-refractivity contribution in [3.8, 4) is 0 Å². The molecule has 0 heterocycles. The Bertz CT molecular complexity index is 530. The van der Waals surface area contributed by atoms with Crippen molar-refractivity contribution in [1.29, 1.82) is 0 Å². The minimum absolute atomic E-state index is 0.0482. The molecule has 21 heavy (non-hydrogen) atoms. The highest BCUT2D eigenvalue weighted by Crippen LogP contribution is 2.27. The van der Waals surface area contributed by atoms with Gasteiger partial charge in [0.25, 0.3) is 0 Å². The molecular formula is C16H24O4S. The fraction of sp³-hybridized carbons (Fsp3) is 0.625. The summed E-state index contributed by atoms with van der Waals surface area (Å²) >= 11 is 0. The zero-order chi connectivity index (χ0) is 15.3. The maximum Gasteiger partial charge on any atom is 0.156 e. The van der Waals surface area contributed by atoms with Crippen LogP contribution in [0.3, 0.4) is 0 Å². The van der Waals surface area contributed by atoms with Gasteiger partial charge < -0.3 is 10.2 Å². The summed E-state index contributed by atoms with van der Waals surface area (Å²) < 4.78 is 24.4. The van der Waals surface area contributed by atoms with E-state index in [1.54, 1.807) is 24.3 Å². The van der Waals surface area contributed by atoms with Gasteiger partial charge in [-0.3, -0.25) is 0 Å². The van der Waals surface area contributed by atoms with Gasteiger partial charge in [-0.2, -0.15) is 0 Å². The molecule has 0 saturated heterocycles. The highest BCUT2D eigenvalue weighted by Gasteiger charge is 2.26. The van der Waals surface area contributed by atoms with Crippen molar-refractivity contribution in [3.63, 3.8) is 0 Å². The molecule has 1 aromatic carbocycles. The lowest BCUT2D eigenvalue weighted by Gasteiger charge is -2.26. The van der Waals surface area contributed by atoms with Crippen molar-refractivity contribution in [1.82, 2.24) is 0 Å². The number of aliphatic hydroxyl groups excluding tert-OH is 2. The minimum atomic E-state index is -3.32. The molecule has 2 N–H and O–H groups in total. The number of hydrogen-bond acceptors (Lipinski definition) is 4. The maximum atomic E-state index is 12.2. The molecule has 1 atom stereocenters. The second-order valence-electron chi connectivity index (χ2n) is 5.99. The summed E-state index contributed by atoms with van der Waals surface area (Å²) in [4.78, 5) is 0. The topological polar surface area (TPSA) is 74.6 Å². The Hall–Kier alpha value is -0.910. The van der Waals surface area contributed by atoms with Gasteiger partial charge in [-0.25, -0.2) is 8.42 Å². The van der Waals surface area contributed by atoms with Crippen molar-refractivity contribution >= 4 is 9.84 Å². The zero-order valence-electron chi connectivity index (χ0n) is 12.2. The van der Waals surface area contributed by atoms with Crippen molar-refractivity contribution in [2.45, 2.75) is 50.6 Å². The molecule has 0 unspecified atom stereocenters. The molecule has 1 aliphatic carbocycles. The van der Waals surface area contributed by atoms with Crippen LogP contribution in [0.5, 0.6) is 0 Å². The first-order valence-corrected chi connectivity index (χ1v) is 9.39. The predicted molar refractivity (Wildman–Crippen MR) is 82.4 cm³/mol. The Balaban J connectivity index is 1.93. The summed E-state index contributed by atoms with van der Waals surface area (Å²) in [5, 5.41) is 19.1. The first-order valence-electron chi connectivity index (χ1n) is 7.57. The van der Waals surface area contributed by atoms with Crippen LogP contribution in [-0.2, 0) is 22.2 Å². The number of benzene rings is 1. The van der Waals surface area contributed by atoms with Gasteiger partial charge in [0, 0.05) is 0 Å². The molecule has 0 aliphatic heterocycles. The van der Waals surface area contributed by atoms with E-state index in [1.165, 1.54) is 6.42 Å². The van der Waals surface area contributed by atoms with E-state index in [1.807, 2.05) is 0 Å². The third kappa shape index (κ3) is 5.09. The van der Waals surface area contributed by atoms with Crippen molar-refractivity contribution < 1.29 is 18.6 Å². The van der Waals surface area contributed by atoms with Gasteiger partial charge in [0.2, 0.25) is 0 Å². The Morgan fingerprint density at radius 3 is 2.19 bits per heavy atom. The summed E-state index contributed by atoms with van der Waals surface area (Å²) in [6, 6.07) is 6.89. The lowest BCUT2D eigenvalue weighted by molar-refractivity contribution is 0.103. The van der Waals surface area contributed by atoms with Gasteiger partial charge in [0.1, 0.15) is 0 Å². The molecule has 1 saturated carbocycles. The van der Waals surface area contributed by atoms with Gasteiger partial charge >= 0.3 is 0 Å². The number of aliphatic hydroxyl groups is 2. The molecule has 0 spiro atoms. The van der Waals surface area contributed by atoms with Crippen molar-refractivity contribution in [2.24, 2.45) is 5.92 Å². The van der Waals surface area contributed by atoms with Crippen LogP contribution in [0.4, 0.5) is 0 Å². The Kier molecular flexibility index (Phi) is 5.79. The van der Waals surface area contributed by atoms with E-state index in [0.717, 1.165) is 31.2 Å². The minimum Gasteiger partial charge on any atom is -0.392 e. The SMILES string of the molecule is O=S(=O)(Cc1ccc(CO)cc1)C[C@H](O)C1CCCCC1. The summed E-state index contributed by atoms with van der Waals surface area (Å²) in [6.45, 7) is -0.0482. The molecule has 1 fully saturated rings. The average molecular weight is 312 g/mol. The van der Waals surface area contributed by atoms with Gasteiger partial charge in [-0.05, 0) is 29.9 Å². The second kappa shape index (κ2) is 7.38. The summed E-state index contributed by atoms with van der Waals surface area (Å²) in [6.07, 6.45) is 4.48. The third-order valence-electron chi connectivity index (χ3n) is 4.21. The zero-order valence-corrected chi connectivity index (χ0v) is 13.1. The molecule has 0 amide bonds. The predicted octanol–water partition coefficient (Wildman–Crippen LogP) is 2.03. The number of rotatable bonds is 6. The van der Waals surface area contributed by atoms with Crippen LogP contribution in [0.15, 0.2) is 24.3 Å². The van der Waals surface area contributed by atoms with E-state index in [9.17, 15) is 13.5 Å². The second-order valence-corrected chi connectivity index (χ2v) is 8.10. The quantitative estimate of drug-likeness (QED) is 0.843. The van der Waals surface area contributed by atoms with Gasteiger partial charge in [-0.1, -0.05) is 43.5 Å².